The summed E-state index contributed by atoms with van der Waals surface area (Å²) in [7, 11) is 0. The van der Waals surface area contributed by atoms with Crippen molar-refractivity contribution in [3.8, 4) is 0 Å². The zero-order chi connectivity index (χ0) is 20.4. The maximum atomic E-state index is 12.8. The summed E-state index contributed by atoms with van der Waals surface area (Å²) in [5, 5.41) is 15.0. The van der Waals surface area contributed by atoms with E-state index in [9.17, 15) is 19.7 Å². The van der Waals surface area contributed by atoms with Crippen LogP contribution in [0.2, 0.25) is 0 Å². The van der Waals surface area contributed by atoms with Gasteiger partial charge in [0, 0.05) is 28.9 Å². The minimum Gasteiger partial charge on any atom is -0.350 e. The van der Waals surface area contributed by atoms with Crippen molar-refractivity contribution < 1.29 is 9.72 Å². The third-order valence-electron chi connectivity index (χ3n) is 4.84. The Balaban J connectivity index is 1.67. The van der Waals surface area contributed by atoms with E-state index in [2.05, 4.69) is 5.32 Å². The van der Waals surface area contributed by atoms with Crippen LogP contribution in [0.15, 0.2) is 77.6 Å². The predicted molar refractivity (Wildman–Crippen MR) is 111 cm³/mol. The average Bonchev–Trinajstić information content (AvgIpc) is 2.75. The van der Waals surface area contributed by atoms with Gasteiger partial charge in [-0.1, -0.05) is 42.5 Å². The number of carbonyl (C=O) groups excluding carboxylic acids is 1. The highest BCUT2D eigenvalue weighted by atomic mass is 16.6. The predicted octanol–water partition coefficient (Wildman–Crippen LogP) is 3.38. The largest absolute Gasteiger partial charge is 0.350 e. The van der Waals surface area contributed by atoms with E-state index in [1.165, 1.54) is 6.07 Å². The molecule has 0 aliphatic heterocycles. The summed E-state index contributed by atoms with van der Waals surface area (Å²) < 4.78 is 1.79. The van der Waals surface area contributed by atoms with Gasteiger partial charge in [0.05, 0.1) is 16.0 Å². The molecule has 0 saturated carbocycles. The second kappa shape index (κ2) is 7.55. The molecule has 0 radical (unpaired) electrons. The third kappa shape index (κ3) is 3.45. The number of pyridine rings is 1. The van der Waals surface area contributed by atoms with Crippen molar-refractivity contribution in [2.75, 3.05) is 0 Å². The van der Waals surface area contributed by atoms with Crippen LogP contribution in [0.25, 0.3) is 21.8 Å². The highest BCUT2D eigenvalue weighted by molar-refractivity contribution is 5.94. The Bertz CT molecular complexity index is 1250. The first kappa shape index (κ1) is 18.4. The first-order chi connectivity index (χ1) is 14.1. The molecule has 1 heterocycles. The van der Waals surface area contributed by atoms with E-state index in [0.29, 0.717) is 27.4 Å². The van der Waals surface area contributed by atoms with Gasteiger partial charge < -0.3 is 9.88 Å². The van der Waals surface area contributed by atoms with Crippen molar-refractivity contribution in [2.45, 2.75) is 13.1 Å². The molecule has 0 fully saturated rings. The number of fused-ring (bicyclic) bond motifs is 2. The molecule has 4 rings (SSSR count). The summed E-state index contributed by atoms with van der Waals surface area (Å²) in [6.45, 7) is 0.0357. The fourth-order valence-corrected chi connectivity index (χ4v) is 3.48. The van der Waals surface area contributed by atoms with Crippen LogP contribution in [-0.2, 0) is 17.9 Å². The lowest BCUT2D eigenvalue weighted by molar-refractivity contribution is -0.385. The van der Waals surface area contributed by atoms with Gasteiger partial charge in [-0.2, -0.15) is 0 Å². The molecule has 0 spiro atoms. The van der Waals surface area contributed by atoms with E-state index in [0.717, 1.165) is 0 Å². The fourth-order valence-electron chi connectivity index (χ4n) is 3.48. The van der Waals surface area contributed by atoms with Crippen molar-refractivity contribution >= 4 is 33.4 Å². The van der Waals surface area contributed by atoms with Crippen molar-refractivity contribution in [1.82, 2.24) is 9.88 Å². The molecule has 1 aromatic heterocycles. The van der Waals surface area contributed by atoms with Gasteiger partial charge >= 0.3 is 0 Å². The van der Waals surface area contributed by atoms with E-state index in [4.69, 9.17) is 0 Å². The summed E-state index contributed by atoms with van der Waals surface area (Å²) in [4.78, 5) is 36.1. The zero-order valence-electron chi connectivity index (χ0n) is 15.4. The summed E-state index contributed by atoms with van der Waals surface area (Å²) in [5.41, 5.74) is 1.65. The Morgan fingerprint density at radius 2 is 1.45 bits per heavy atom. The standard InChI is InChI=1S/C22H17N3O4/c26-21(23-13-15-7-1-4-10-18(15)25(28)29)14-24-19-11-5-2-8-16(19)22(27)17-9-3-6-12-20(17)24/h1-12H,13-14H2,(H,23,26). The van der Waals surface area contributed by atoms with Gasteiger partial charge in [0.25, 0.3) is 5.69 Å². The molecule has 144 valence electrons. The van der Waals surface area contributed by atoms with Crippen LogP contribution in [-0.4, -0.2) is 15.4 Å². The summed E-state index contributed by atoms with van der Waals surface area (Å²) in [5.74, 6) is -0.304. The Kier molecular flexibility index (Phi) is 4.78. The maximum Gasteiger partial charge on any atom is 0.274 e. The van der Waals surface area contributed by atoms with Crippen LogP contribution < -0.4 is 10.7 Å². The molecule has 1 N–H and O–H groups in total. The zero-order valence-corrected chi connectivity index (χ0v) is 15.4. The molecule has 0 aliphatic carbocycles. The van der Waals surface area contributed by atoms with Gasteiger partial charge in [0.15, 0.2) is 5.43 Å². The molecular formula is C22H17N3O4. The van der Waals surface area contributed by atoms with E-state index in [-0.39, 0.29) is 30.1 Å². The topological polar surface area (TPSA) is 94.2 Å². The molecule has 0 unspecified atom stereocenters. The smallest absolute Gasteiger partial charge is 0.274 e. The quantitative estimate of drug-likeness (QED) is 0.323. The lowest BCUT2D eigenvalue weighted by atomic mass is 10.1. The molecule has 29 heavy (non-hydrogen) atoms. The molecular weight excluding hydrogens is 370 g/mol. The van der Waals surface area contributed by atoms with E-state index in [1.54, 1.807) is 59.2 Å². The van der Waals surface area contributed by atoms with Crippen molar-refractivity contribution in [3.63, 3.8) is 0 Å². The number of nitrogens with zero attached hydrogens (tertiary/aromatic N) is 2. The number of hydrogen-bond donors (Lipinski definition) is 1. The molecule has 7 heteroatoms. The van der Waals surface area contributed by atoms with E-state index >= 15 is 0 Å². The highest BCUT2D eigenvalue weighted by Crippen LogP contribution is 2.20. The number of amides is 1. The third-order valence-corrected chi connectivity index (χ3v) is 4.84. The normalized spacial score (nSPS) is 10.9. The van der Waals surface area contributed by atoms with Crippen molar-refractivity contribution in [1.29, 1.82) is 0 Å². The van der Waals surface area contributed by atoms with Crippen LogP contribution in [0, 0.1) is 10.1 Å². The molecule has 1 amide bonds. The Labute approximate surface area is 165 Å². The second-order valence-electron chi connectivity index (χ2n) is 6.61. The molecule has 4 aromatic rings. The van der Waals surface area contributed by atoms with Crippen LogP contribution in [0.5, 0.6) is 0 Å². The first-order valence-electron chi connectivity index (χ1n) is 9.05. The van der Waals surface area contributed by atoms with Crippen molar-refractivity contribution in [3.05, 3.63) is 98.7 Å². The molecule has 0 bridgehead atoms. The second-order valence-corrected chi connectivity index (χ2v) is 6.61. The number of para-hydroxylation sites is 3. The summed E-state index contributed by atoms with van der Waals surface area (Å²) in [6, 6.07) is 20.6. The SMILES string of the molecule is O=C(Cn1c2ccccc2c(=O)c2ccccc21)NCc1ccccc1[N+](=O)[O-]. The number of nitro groups is 1. The Hall–Kier alpha value is -4.00. The lowest BCUT2D eigenvalue weighted by Crippen LogP contribution is -2.28. The van der Waals surface area contributed by atoms with Crippen molar-refractivity contribution in [2.24, 2.45) is 0 Å². The van der Waals surface area contributed by atoms with Crippen LogP contribution >= 0.6 is 0 Å². The number of rotatable bonds is 5. The average molecular weight is 387 g/mol. The fraction of sp³-hybridized carbons (Fsp3) is 0.0909. The molecule has 0 aliphatic rings. The van der Waals surface area contributed by atoms with Crippen LogP contribution in [0.3, 0.4) is 0 Å². The number of hydrogen-bond acceptors (Lipinski definition) is 4. The minimum absolute atomic E-state index is 0.0120. The molecule has 7 nitrogen and oxygen atoms in total. The van der Waals surface area contributed by atoms with Gasteiger partial charge in [-0.3, -0.25) is 19.7 Å². The number of aromatic nitrogens is 1. The molecule has 0 saturated heterocycles. The highest BCUT2D eigenvalue weighted by Gasteiger charge is 2.15. The van der Waals surface area contributed by atoms with Gasteiger partial charge in [-0.15, -0.1) is 0 Å². The Morgan fingerprint density at radius 3 is 2.07 bits per heavy atom. The first-order valence-corrected chi connectivity index (χ1v) is 9.05. The van der Waals surface area contributed by atoms with Gasteiger partial charge in [0.2, 0.25) is 5.91 Å². The number of nitrogens with one attached hydrogen (secondary N) is 1. The van der Waals surface area contributed by atoms with E-state index in [1.807, 2.05) is 12.1 Å². The summed E-state index contributed by atoms with van der Waals surface area (Å²) >= 11 is 0. The monoisotopic (exact) mass is 387 g/mol. The lowest BCUT2D eigenvalue weighted by Gasteiger charge is -2.15. The number of nitro benzene ring substituents is 1. The van der Waals surface area contributed by atoms with E-state index < -0.39 is 4.92 Å². The summed E-state index contributed by atoms with van der Waals surface area (Å²) in [6.07, 6.45) is 0. The maximum absolute atomic E-state index is 12.8. The van der Waals surface area contributed by atoms with Gasteiger partial charge in [0.1, 0.15) is 6.54 Å². The minimum atomic E-state index is -0.468. The Morgan fingerprint density at radius 1 is 0.897 bits per heavy atom. The number of benzene rings is 3. The van der Waals surface area contributed by atoms with Crippen LogP contribution in [0.4, 0.5) is 5.69 Å². The van der Waals surface area contributed by atoms with Gasteiger partial charge in [-0.25, -0.2) is 0 Å². The van der Waals surface area contributed by atoms with Gasteiger partial charge in [-0.05, 0) is 24.3 Å². The molecule has 3 aromatic carbocycles. The molecule has 0 atom stereocenters. The number of carbonyl (C=O) groups is 1. The van der Waals surface area contributed by atoms with Crippen LogP contribution in [0.1, 0.15) is 5.56 Å².